The van der Waals surface area contributed by atoms with Gasteiger partial charge in [-0.05, 0) is 58.2 Å². The molecule has 0 aliphatic carbocycles. The van der Waals surface area contributed by atoms with Gasteiger partial charge >= 0.3 is 0 Å². The van der Waals surface area contributed by atoms with Crippen LogP contribution in [0.15, 0.2) is 48.8 Å². The highest BCUT2D eigenvalue weighted by molar-refractivity contribution is 5.62. The molecule has 0 saturated carbocycles. The molecule has 0 bridgehead atoms. The second-order valence-corrected chi connectivity index (χ2v) is 8.67. The van der Waals surface area contributed by atoms with Gasteiger partial charge in [0.2, 0.25) is 0 Å². The molecule has 0 saturated heterocycles. The molecule has 29 heavy (non-hydrogen) atoms. The molecular formula is C26H38N3+. The molecule has 1 aliphatic heterocycles. The topological polar surface area (TPSA) is 6.48 Å². The third-order valence-electron chi connectivity index (χ3n) is 6.65. The molecule has 156 valence electrons. The Balaban J connectivity index is 1.63. The van der Waals surface area contributed by atoms with Crippen LogP contribution in [0.2, 0.25) is 0 Å². The Morgan fingerprint density at radius 1 is 0.793 bits per heavy atom. The van der Waals surface area contributed by atoms with E-state index in [2.05, 4.69) is 100 Å². The first-order chi connectivity index (χ1) is 13.9. The van der Waals surface area contributed by atoms with Crippen molar-refractivity contribution in [1.82, 2.24) is 4.90 Å². The van der Waals surface area contributed by atoms with Gasteiger partial charge in [-0.1, -0.05) is 42.0 Å². The van der Waals surface area contributed by atoms with E-state index in [4.69, 9.17) is 0 Å². The molecular weight excluding hydrogens is 354 g/mol. The van der Waals surface area contributed by atoms with E-state index in [0.717, 1.165) is 19.8 Å². The van der Waals surface area contributed by atoms with Crippen LogP contribution < -0.4 is 4.90 Å². The minimum Gasteiger partial charge on any atom is -0.354 e. The van der Waals surface area contributed by atoms with Crippen LogP contribution in [0.5, 0.6) is 0 Å². The highest BCUT2D eigenvalue weighted by atomic mass is 15.3. The van der Waals surface area contributed by atoms with E-state index < -0.39 is 0 Å². The fourth-order valence-corrected chi connectivity index (χ4v) is 4.72. The average Bonchev–Trinajstić information content (AvgIpc) is 3.15. The maximum absolute atomic E-state index is 2.39. The molecule has 3 rings (SSSR count). The van der Waals surface area contributed by atoms with Crippen LogP contribution in [0.25, 0.3) is 0 Å². The Kier molecular flexibility index (Phi) is 6.69. The molecule has 0 unspecified atom stereocenters. The van der Waals surface area contributed by atoms with E-state index in [0.29, 0.717) is 0 Å². The van der Waals surface area contributed by atoms with E-state index in [1.807, 2.05) is 0 Å². The van der Waals surface area contributed by atoms with E-state index in [1.165, 1.54) is 57.6 Å². The lowest BCUT2D eigenvalue weighted by molar-refractivity contribution is -0.936. The molecule has 2 aromatic carbocycles. The van der Waals surface area contributed by atoms with Crippen LogP contribution in [-0.4, -0.2) is 35.7 Å². The Morgan fingerprint density at radius 2 is 1.34 bits per heavy atom. The summed E-state index contributed by atoms with van der Waals surface area (Å²) in [5.41, 5.74) is 8.20. The van der Waals surface area contributed by atoms with Crippen LogP contribution in [0.3, 0.4) is 0 Å². The molecule has 3 nitrogen and oxygen atoms in total. The highest BCUT2D eigenvalue weighted by Crippen LogP contribution is 2.29. The van der Waals surface area contributed by atoms with Crippen LogP contribution in [-0.2, 0) is 13.1 Å². The first-order valence-corrected chi connectivity index (χ1v) is 11.1. The Bertz CT molecular complexity index is 815. The van der Waals surface area contributed by atoms with Crippen LogP contribution in [0.4, 0.5) is 5.69 Å². The van der Waals surface area contributed by atoms with Gasteiger partial charge in [0.15, 0.2) is 0 Å². The number of benzene rings is 2. The first kappa shape index (κ1) is 21.4. The number of rotatable bonds is 8. The number of hydrogen-bond donors (Lipinski definition) is 0. The molecule has 0 aromatic heterocycles. The zero-order valence-electron chi connectivity index (χ0n) is 19.2. The van der Waals surface area contributed by atoms with Crippen molar-refractivity contribution in [2.45, 2.75) is 54.6 Å². The summed E-state index contributed by atoms with van der Waals surface area (Å²) in [6, 6.07) is 13.8. The largest absolute Gasteiger partial charge is 0.354 e. The van der Waals surface area contributed by atoms with Gasteiger partial charge in [0.05, 0.1) is 26.3 Å². The smallest absolute Gasteiger partial charge is 0.104 e. The van der Waals surface area contributed by atoms with Crippen molar-refractivity contribution in [2.75, 3.05) is 31.2 Å². The zero-order chi connectivity index (χ0) is 21.0. The molecule has 3 heteroatoms. The van der Waals surface area contributed by atoms with Crippen LogP contribution in [0, 0.1) is 20.8 Å². The summed E-state index contributed by atoms with van der Waals surface area (Å²) in [7, 11) is 0. The summed E-state index contributed by atoms with van der Waals surface area (Å²) in [6.45, 7) is 20.1. The Labute approximate surface area is 177 Å². The number of quaternary nitrogens is 1. The van der Waals surface area contributed by atoms with Crippen molar-refractivity contribution in [1.29, 1.82) is 0 Å². The van der Waals surface area contributed by atoms with Gasteiger partial charge in [-0.15, -0.1) is 0 Å². The summed E-state index contributed by atoms with van der Waals surface area (Å²) >= 11 is 0. The van der Waals surface area contributed by atoms with Crippen LogP contribution >= 0.6 is 0 Å². The third-order valence-corrected chi connectivity index (χ3v) is 6.65. The van der Waals surface area contributed by atoms with E-state index in [9.17, 15) is 0 Å². The van der Waals surface area contributed by atoms with Crippen molar-refractivity contribution in [3.05, 3.63) is 76.6 Å². The molecule has 0 amide bonds. The minimum absolute atomic E-state index is 0.911. The summed E-state index contributed by atoms with van der Waals surface area (Å²) in [5, 5.41) is 0. The first-order valence-electron chi connectivity index (χ1n) is 11.1. The van der Waals surface area contributed by atoms with Gasteiger partial charge in [-0.3, -0.25) is 0 Å². The lowest BCUT2D eigenvalue weighted by atomic mass is 10.0. The lowest BCUT2D eigenvalue weighted by Crippen LogP contribution is -2.46. The molecule has 1 heterocycles. The summed E-state index contributed by atoms with van der Waals surface area (Å²) in [6.07, 6.45) is 4.44. The quantitative estimate of drug-likeness (QED) is 0.529. The van der Waals surface area contributed by atoms with Crippen molar-refractivity contribution < 1.29 is 4.48 Å². The van der Waals surface area contributed by atoms with Gasteiger partial charge < -0.3 is 14.3 Å². The predicted octanol–water partition coefficient (Wildman–Crippen LogP) is 5.74. The van der Waals surface area contributed by atoms with E-state index in [1.54, 1.807) is 0 Å². The Hall–Kier alpha value is -2.26. The van der Waals surface area contributed by atoms with Crippen molar-refractivity contribution >= 4 is 5.69 Å². The summed E-state index contributed by atoms with van der Waals surface area (Å²) in [5.74, 6) is 0. The van der Waals surface area contributed by atoms with Gasteiger partial charge in [0, 0.05) is 30.2 Å². The lowest BCUT2D eigenvalue weighted by Gasteiger charge is -2.36. The molecule has 0 spiro atoms. The normalized spacial score (nSPS) is 14.1. The summed E-state index contributed by atoms with van der Waals surface area (Å²) in [4.78, 5) is 4.76. The molecule has 0 atom stereocenters. The zero-order valence-corrected chi connectivity index (χ0v) is 19.2. The monoisotopic (exact) mass is 392 g/mol. The number of nitrogens with zero attached hydrogens (tertiary/aromatic N) is 3. The van der Waals surface area contributed by atoms with Gasteiger partial charge in [-0.2, -0.15) is 0 Å². The van der Waals surface area contributed by atoms with E-state index >= 15 is 0 Å². The second-order valence-electron chi connectivity index (χ2n) is 8.67. The molecule has 0 fully saturated rings. The fraction of sp³-hybridized carbons (Fsp3) is 0.462. The molecule has 0 radical (unpaired) electrons. The number of aryl methyl sites for hydroxylation is 3. The molecule has 2 aromatic rings. The maximum atomic E-state index is 2.39. The predicted molar refractivity (Wildman–Crippen MR) is 125 cm³/mol. The number of anilines is 1. The van der Waals surface area contributed by atoms with Gasteiger partial charge in [0.25, 0.3) is 0 Å². The third kappa shape index (κ3) is 4.84. The van der Waals surface area contributed by atoms with Crippen molar-refractivity contribution in [3.8, 4) is 0 Å². The molecule has 1 aliphatic rings. The van der Waals surface area contributed by atoms with E-state index in [-0.39, 0.29) is 0 Å². The molecule has 0 N–H and O–H groups in total. The van der Waals surface area contributed by atoms with Crippen molar-refractivity contribution in [3.63, 3.8) is 0 Å². The maximum Gasteiger partial charge on any atom is 0.104 e. The Morgan fingerprint density at radius 3 is 1.90 bits per heavy atom. The SMILES string of the molecule is CC[N+](CC)(CC)Cc1ccc(CN2C=CN(c3c(C)cc(C)cc3C)C2)cc1. The average molecular weight is 393 g/mol. The van der Waals surface area contributed by atoms with Gasteiger partial charge in [0.1, 0.15) is 6.54 Å². The minimum atomic E-state index is 0.911. The van der Waals surface area contributed by atoms with Crippen LogP contribution in [0.1, 0.15) is 48.6 Å². The fourth-order valence-electron chi connectivity index (χ4n) is 4.72. The summed E-state index contributed by atoms with van der Waals surface area (Å²) < 4.78 is 1.17. The van der Waals surface area contributed by atoms with Crippen molar-refractivity contribution in [2.24, 2.45) is 0 Å². The highest BCUT2D eigenvalue weighted by Gasteiger charge is 2.21. The van der Waals surface area contributed by atoms with Gasteiger partial charge in [-0.25, -0.2) is 0 Å². The second kappa shape index (κ2) is 9.04. The standard InChI is InChI=1S/C26H38N3/c1-7-29(8-2,9-3)19-25-12-10-24(11-13-25)18-27-14-15-28(20-27)26-22(5)16-21(4)17-23(26)6/h10-17H,7-9,18-20H2,1-6H3/q+1. The number of hydrogen-bond acceptors (Lipinski definition) is 2.